The number of ether oxygens (including phenoxy) is 1. The zero-order valence-electron chi connectivity index (χ0n) is 8.76. The van der Waals surface area contributed by atoms with Crippen LogP contribution in [0, 0.1) is 5.92 Å². The van der Waals surface area contributed by atoms with Gasteiger partial charge < -0.3 is 4.74 Å². The Morgan fingerprint density at radius 1 is 1.38 bits per heavy atom. The molecule has 2 heteroatoms. The van der Waals surface area contributed by atoms with Crippen LogP contribution in [0.4, 0.5) is 0 Å². The number of halogens is 1. The van der Waals surface area contributed by atoms with E-state index in [0.29, 0.717) is 6.10 Å². The Morgan fingerprint density at radius 2 is 2.15 bits per heavy atom. The number of alkyl halides is 1. The van der Waals surface area contributed by atoms with E-state index in [1.165, 1.54) is 32.1 Å². The molecule has 1 nitrogen and oxygen atoms in total. The molecule has 1 aliphatic carbocycles. The molecule has 0 amide bonds. The highest BCUT2D eigenvalue weighted by Gasteiger charge is 2.24. The van der Waals surface area contributed by atoms with Crippen LogP contribution in [0.25, 0.3) is 0 Å². The minimum absolute atomic E-state index is 0.563. The number of hydrogen-bond donors (Lipinski definition) is 0. The molecule has 0 aliphatic heterocycles. The molecular formula is C11H21IO. The van der Waals surface area contributed by atoms with Crippen LogP contribution < -0.4 is 0 Å². The molecule has 0 aromatic heterocycles. The van der Waals surface area contributed by atoms with Gasteiger partial charge in [-0.25, -0.2) is 0 Å². The predicted octanol–water partition coefficient (Wildman–Crippen LogP) is 3.80. The van der Waals surface area contributed by atoms with Crippen molar-refractivity contribution < 1.29 is 4.74 Å². The van der Waals surface area contributed by atoms with E-state index < -0.39 is 0 Å². The van der Waals surface area contributed by atoms with Crippen molar-refractivity contribution in [3.05, 3.63) is 0 Å². The summed E-state index contributed by atoms with van der Waals surface area (Å²) in [5.74, 6) is 0.822. The molecule has 2 atom stereocenters. The van der Waals surface area contributed by atoms with Gasteiger partial charge in [0.05, 0.1) is 6.10 Å². The van der Waals surface area contributed by atoms with Gasteiger partial charge in [0.2, 0.25) is 0 Å². The second kappa shape index (κ2) is 6.23. The van der Waals surface area contributed by atoms with E-state index in [1.54, 1.807) is 0 Å². The van der Waals surface area contributed by atoms with Crippen molar-refractivity contribution >= 4 is 22.6 Å². The molecule has 1 aliphatic rings. The number of rotatable bonds is 5. The third-order valence-electron chi connectivity index (χ3n) is 2.63. The minimum Gasteiger partial charge on any atom is -0.377 e. The average molecular weight is 296 g/mol. The molecular weight excluding hydrogens is 275 g/mol. The molecule has 0 N–H and O–H groups in total. The van der Waals surface area contributed by atoms with Crippen LogP contribution in [-0.2, 0) is 4.74 Å². The second-order valence-corrected chi connectivity index (χ2v) is 5.99. The molecule has 0 bridgehead atoms. The Labute approximate surface area is 95.8 Å². The molecule has 0 aromatic rings. The quantitative estimate of drug-likeness (QED) is 0.426. The lowest BCUT2D eigenvalue weighted by atomic mass is 10.1. The van der Waals surface area contributed by atoms with Crippen LogP contribution in [0.5, 0.6) is 0 Å². The van der Waals surface area contributed by atoms with Gasteiger partial charge in [-0.1, -0.05) is 36.4 Å². The first-order valence-electron chi connectivity index (χ1n) is 5.46. The van der Waals surface area contributed by atoms with E-state index in [1.807, 2.05) is 0 Å². The summed E-state index contributed by atoms with van der Waals surface area (Å²) in [5.41, 5.74) is 0. The summed E-state index contributed by atoms with van der Waals surface area (Å²) in [6, 6.07) is 0. The summed E-state index contributed by atoms with van der Waals surface area (Å²) in [7, 11) is 0. The van der Waals surface area contributed by atoms with Gasteiger partial charge in [-0.3, -0.25) is 0 Å². The lowest BCUT2D eigenvalue weighted by Crippen LogP contribution is -2.18. The van der Waals surface area contributed by atoms with Crippen LogP contribution in [0.3, 0.4) is 0 Å². The van der Waals surface area contributed by atoms with Gasteiger partial charge in [-0.15, -0.1) is 0 Å². The van der Waals surface area contributed by atoms with E-state index in [4.69, 9.17) is 4.74 Å². The molecule has 0 heterocycles. The molecule has 1 fully saturated rings. The zero-order valence-corrected chi connectivity index (χ0v) is 10.9. The van der Waals surface area contributed by atoms with Crippen LogP contribution >= 0.6 is 22.6 Å². The van der Waals surface area contributed by atoms with Crippen molar-refractivity contribution in [2.24, 2.45) is 5.92 Å². The highest BCUT2D eigenvalue weighted by atomic mass is 127. The Bertz CT molecular complexity index is 136. The van der Waals surface area contributed by atoms with Crippen LogP contribution in [0.2, 0.25) is 0 Å². The lowest BCUT2D eigenvalue weighted by molar-refractivity contribution is 0.0601. The maximum absolute atomic E-state index is 5.86. The highest BCUT2D eigenvalue weighted by Crippen LogP contribution is 2.28. The van der Waals surface area contributed by atoms with E-state index >= 15 is 0 Å². The highest BCUT2D eigenvalue weighted by molar-refractivity contribution is 14.1. The molecule has 0 aromatic carbocycles. The normalized spacial score (nSPS) is 28.6. The fraction of sp³-hybridized carbons (Fsp3) is 1.00. The van der Waals surface area contributed by atoms with Gasteiger partial charge >= 0.3 is 0 Å². The van der Waals surface area contributed by atoms with Crippen molar-refractivity contribution in [2.75, 3.05) is 6.61 Å². The van der Waals surface area contributed by atoms with E-state index in [-0.39, 0.29) is 0 Å². The molecule has 13 heavy (non-hydrogen) atoms. The summed E-state index contributed by atoms with van der Waals surface area (Å²) in [6.07, 6.45) is 7.11. The van der Waals surface area contributed by atoms with Gasteiger partial charge in [0.15, 0.2) is 0 Å². The van der Waals surface area contributed by atoms with Crippen molar-refractivity contribution in [3.8, 4) is 0 Å². The zero-order chi connectivity index (χ0) is 9.68. The fourth-order valence-electron chi connectivity index (χ4n) is 1.79. The topological polar surface area (TPSA) is 9.23 Å². The Kier molecular flexibility index (Phi) is 5.63. The van der Waals surface area contributed by atoms with Crippen LogP contribution in [0.15, 0.2) is 0 Å². The monoisotopic (exact) mass is 296 g/mol. The second-order valence-electron chi connectivity index (χ2n) is 4.39. The summed E-state index contributed by atoms with van der Waals surface area (Å²) in [5, 5.41) is 0. The smallest absolute Gasteiger partial charge is 0.0692 e. The summed E-state index contributed by atoms with van der Waals surface area (Å²) < 4.78 is 6.63. The summed E-state index contributed by atoms with van der Waals surface area (Å²) in [4.78, 5) is 0. The summed E-state index contributed by atoms with van der Waals surface area (Å²) >= 11 is 2.53. The van der Waals surface area contributed by atoms with Gasteiger partial charge in [-0.05, 0) is 38.0 Å². The molecule has 78 valence electrons. The van der Waals surface area contributed by atoms with E-state index in [0.717, 1.165) is 16.4 Å². The minimum atomic E-state index is 0.563. The van der Waals surface area contributed by atoms with E-state index in [2.05, 4.69) is 36.4 Å². The first-order valence-corrected chi connectivity index (χ1v) is 6.70. The molecule has 0 radical (unpaired) electrons. The predicted molar refractivity (Wildman–Crippen MR) is 65.5 cm³/mol. The van der Waals surface area contributed by atoms with Crippen molar-refractivity contribution in [1.82, 2.24) is 0 Å². The Morgan fingerprint density at radius 3 is 2.69 bits per heavy atom. The first-order chi connectivity index (χ1) is 6.20. The maximum atomic E-state index is 5.86. The summed E-state index contributed by atoms with van der Waals surface area (Å²) in [6.45, 7) is 5.52. The largest absolute Gasteiger partial charge is 0.377 e. The Balaban J connectivity index is 1.99. The van der Waals surface area contributed by atoms with Gasteiger partial charge in [-0.2, -0.15) is 0 Å². The fourth-order valence-corrected chi connectivity index (χ4v) is 2.80. The molecule has 2 unspecified atom stereocenters. The lowest BCUT2D eigenvalue weighted by Gasteiger charge is -2.15. The third kappa shape index (κ3) is 4.63. The average Bonchev–Trinajstić information content (AvgIpc) is 2.45. The van der Waals surface area contributed by atoms with Gasteiger partial charge in [0, 0.05) is 10.5 Å². The number of hydrogen-bond acceptors (Lipinski definition) is 1. The van der Waals surface area contributed by atoms with Crippen molar-refractivity contribution in [2.45, 2.75) is 56.0 Å². The van der Waals surface area contributed by atoms with Crippen LogP contribution in [0.1, 0.15) is 46.0 Å². The first kappa shape index (κ1) is 11.8. The third-order valence-corrected chi connectivity index (χ3v) is 4.05. The van der Waals surface area contributed by atoms with Crippen LogP contribution in [-0.4, -0.2) is 16.6 Å². The van der Waals surface area contributed by atoms with Gasteiger partial charge in [0.25, 0.3) is 0 Å². The molecule has 0 saturated heterocycles. The molecule has 0 spiro atoms. The van der Waals surface area contributed by atoms with E-state index in [9.17, 15) is 0 Å². The Hall–Kier alpha value is 0.690. The van der Waals surface area contributed by atoms with Crippen molar-refractivity contribution in [3.63, 3.8) is 0 Å². The standard InChI is InChI=1S/C11H21IO/c1-9(2)5-4-8-13-11-7-3-6-10(11)12/h9-11H,3-8H2,1-2H3. The maximum Gasteiger partial charge on any atom is 0.0692 e. The van der Waals surface area contributed by atoms with Crippen molar-refractivity contribution in [1.29, 1.82) is 0 Å². The molecule has 1 rings (SSSR count). The van der Waals surface area contributed by atoms with Gasteiger partial charge in [0.1, 0.15) is 0 Å². The molecule has 1 saturated carbocycles. The SMILES string of the molecule is CC(C)CCCOC1CCCC1I.